The predicted molar refractivity (Wildman–Crippen MR) is 164 cm³/mol. The van der Waals surface area contributed by atoms with E-state index < -0.39 is 0 Å². The molecule has 5 aromatic rings. The molecule has 0 fully saturated rings. The van der Waals surface area contributed by atoms with Crippen LogP contribution < -0.4 is 0 Å². The van der Waals surface area contributed by atoms with E-state index in [1.165, 1.54) is 43.8 Å². The predicted octanol–water partition coefficient (Wildman–Crippen LogP) is 10.1. The zero-order valence-electron chi connectivity index (χ0n) is 24.2. The zero-order chi connectivity index (χ0) is 27.2. The minimum atomic E-state index is 0.0282. The van der Waals surface area contributed by atoms with Gasteiger partial charge in [0.2, 0.25) is 0 Å². The highest BCUT2D eigenvalue weighted by Gasteiger charge is 2.20. The normalized spacial score (nSPS) is 12.6. The second kappa shape index (κ2) is 9.66. The summed E-state index contributed by atoms with van der Waals surface area (Å²) < 4.78 is 0. The van der Waals surface area contributed by atoms with Gasteiger partial charge in [-0.3, -0.25) is 0 Å². The average molecular weight is 501 g/mol. The highest BCUT2D eigenvalue weighted by molar-refractivity contribution is 5.92. The fourth-order valence-corrected chi connectivity index (χ4v) is 5.53. The minimum Gasteiger partial charge on any atom is -0.236 e. The SMILES string of the molecule is CC(C)c1cc2cc(CC(C)(C)C)ccc2cc1-c1cc(-c2cc(C(C)(C)C)c3ccccc3c2)ncn1. The molecule has 0 unspecified atom stereocenters. The molecule has 0 radical (unpaired) electrons. The lowest BCUT2D eigenvalue weighted by molar-refractivity contribution is 0.411. The van der Waals surface area contributed by atoms with Gasteiger partial charge >= 0.3 is 0 Å². The van der Waals surface area contributed by atoms with Gasteiger partial charge in [-0.2, -0.15) is 0 Å². The Morgan fingerprint density at radius 2 is 1.42 bits per heavy atom. The highest BCUT2D eigenvalue weighted by atomic mass is 14.8. The first-order chi connectivity index (χ1) is 17.9. The van der Waals surface area contributed by atoms with E-state index in [4.69, 9.17) is 9.97 Å². The van der Waals surface area contributed by atoms with Crippen LogP contribution in [0.1, 0.15) is 78.0 Å². The molecular formula is C36H40N2. The maximum Gasteiger partial charge on any atom is 0.116 e. The summed E-state index contributed by atoms with van der Waals surface area (Å²) in [6.45, 7) is 18.3. The molecule has 0 amide bonds. The number of hydrogen-bond acceptors (Lipinski definition) is 2. The van der Waals surface area contributed by atoms with E-state index in [0.717, 1.165) is 23.4 Å². The Morgan fingerprint density at radius 3 is 2.13 bits per heavy atom. The number of aromatic nitrogens is 2. The molecule has 5 rings (SSSR count). The van der Waals surface area contributed by atoms with Crippen molar-refractivity contribution in [3.05, 3.63) is 95.8 Å². The van der Waals surface area contributed by atoms with Crippen molar-refractivity contribution >= 4 is 21.5 Å². The third kappa shape index (κ3) is 5.36. The molecule has 0 aliphatic heterocycles. The maximum atomic E-state index is 4.77. The molecule has 0 spiro atoms. The Balaban J connectivity index is 1.64. The number of benzene rings is 4. The van der Waals surface area contributed by atoms with Gasteiger partial charge in [-0.1, -0.05) is 104 Å². The summed E-state index contributed by atoms with van der Waals surface area (Å²) in [4.78, 5) is 9.51. The average Bonchev–Trinajstić information content (AvgIpc) is 2.85. The first-order valence-electron chi connectivity index (χ1n) is 13.8. The lowest BCUT2D eigenvalue weighted by Gasteiger charge is -2.23. The second-order valence-electron chi connectivity index (χ2n) is 13.3. The number of rotatable bonds is 4. The van der Waals surface area contributed by atoms with Crippen LogP contribution in [0.4, 0.5) is 0 Å². The molecule has 2 nitrogen and oxygen atoms in total. The second-order valence-corrected chi connectivity index (χ2v) is 13.3. The van der Waals surface area contributed by atoms with Gasteiger partial charge in [0.05, 0.1) is 11.4 Å². The van der Waals surface area contributed by atoms with Crippen LogP contribution >= 0.6 is 0 Å². The van der Waals surface area contributed by atoms with Crippen LogP contribution in [-0.4, -0.2) is 9.97 Å². The van der Waals surface area contributed by atoms with Crippen LogP contribution in [0.3, 0.4) is 0 Å². The zero-order valence-corrected chi connectivity index (χ0v) is 24.2. The van der Waals surface area contributed by atoms with Gasteiger partial charge in [0.1, 0.15) is 6.33 Å². The first-order valence-corrected chi connectivity index (χ1v) is 13.8. The molecule has 0 saturated heterocycles. The van der Waals surface area contributed by atoms with E-state index in [-0.39, 0.29) is 10.8 Å². The molecule has 0 N–H and O–H groups in total. The fraction of sp³-hybridized carbons (Fsp3) is 0.333. The van der Waals surface area contributed by atoms with Crippen LogP contribution in [0, 0.1) is 5.41 Å². The molecule has 0 aliphatic carbocycles. The Labute approximate surface area is 228 Å². The van der Waals surface area contributed by atoms with Crippen molar-refractivity contribution in [2.45, 2.75) is 73.1 Å². The maximum absolute atomic E-state index is 4.77. The molecule has 0 bridgehead atoms. The largest absolute Gasteiger partial charge is 0.236 e. The van der Waals surface area contributed by atoms with Crippen molar-refractivity contribution in [3.8, 4) is 22.5 Å². The van der Waals surface area contributed by atoms with Crippen molar-refractivity contribution in [1.29, 1.82) is 0 Å². The van der Waals surface area contributed by atoms with Crippen molar-refractivity contribution in [2.24, 2.45) is 5.41 Å². The van der Waals surface area contributed by atoms with Crippen LogP contribution in [0.2, 0.25) is 0 Å². The third-order valence-electron chi connectivity index (χ3n) is 7.34. The smallest absolute Gasteiger partial charge is 0.116 e. The van der Waals surface area contributed by atoms with Crippen molar-refractivity contribution in [2.75, 3.05) is 0 Å². The Hall–Kier alpha value is -3.52. The van der Waals surface area contributed by atoms with Gasteiger partial charge in [-0.15, -0.1) is 0 Å². The molecule has 0 saturated carbocycles. The van der Waals surface area contributed by atoms with E-state index >= 15 is 0 Å². The van der Waals surface area contributed by atoms with Crippen LogP contribution in [-0.2, 0) is 11.8 Å². The molecular weight excluding hydrogens is 460 g/mol. The molecule has 1 aromatic heterocycles. The number of fused-ring (bicyclic) bond motifs is 2. The van der Waals surface area contributed by atoms with E-state index in [1.54, 1.807) is 6.33 Å². The Morgan fingerprint density at radius 1 is 0.684 bits per heavy atom. The number of hydrogen-bond donors (Lipinski definition) is 0. The Bertz CT molecular complexity index is 1630. The van der Waals surface area contributed by atoms with Crippen LogP contribution in [0.25, 0.3) is 44.1 Å². The summed E-state index contributed by atoms with van der Waals surface area (Å²) in [5, 5.41) is 5.11. The molecule has 0 atom stereocenters. The van der Waals surface area contributed by atoms with Crippen molar-refractivity contribution < 1.29 is 0 Å². The quantitative estimate of drug-likeness (QED) is 0.245. The van der Waals surface area contributed by atoms with E-state index in [1.807, 2.05) is 0 Å². The summed E-state index contributed by atoms with van der Waals surface area (Å²) in [6.07, 6.45) is 2.79. The Kier molecular flexibility index (Phi) is 6.63. The monoisotopic (exact) mass is 500 g/mol. The van der Waals surface area contributed by atoms with Crippen molar-refractivity contribution in [1.82, 2.24) is 9.97 Å². The molecule has 1 heterocycles. The molecule has 194 valence electrons. The third-order valence-corrected chi connectivity index (χ3v) is 7.34. The molecule has 2 heteroatoms. The summed E-state index contributed by atoms with van der Waals surface area (Å²) >= 11 is 0. The van der Waals surface area contributed by atoms with Gasteiger partial charge in [-0.05, 0) is 85.7 Å². The summed E-state index contributed by atoms with van der Waals surface area (Å²) in [6, 6.07) is 27.0. The molecule has 4 aromatic carbocycles. The standard InChI is InChI=1S/C36H40N2/c1-23(2)30-18-27-15-24(21-35(3,4)5)13-14-25(27)17-31(30)34-20-33(37-22-38-34)28-16-26-11-9-10-12-29(26)32(19-28)36(6,7)8/h9-20,22-23H,21H2,1-8H3. The summed E-state index contributed by atoms with van der Waals surface area (Å²) in [5.41, 5.74) is 8.61. The summed E-state index contributed by atoms with van der Waals surface area (Å²) in [7, 11) is 0. The van der Waals surface area contributed by atoms with Crippen molar-refractivity contribution in [3.63, 3.8) is 0 Å². The molecule has 38 heavy (non-hydrogen) atoms. The topological polar surface area (TPSA) is 25.8 Å². The highest BCUT2D eigenvalue weighted by Crippen LogP contribution is 2.37. The van der Waals surface area contributed by atoms with E-state index in [2.05, 4.69) is 128 Å². The lowest BCUT2D eigenvalue weighted by atomic mass is 9.82. The van der Waals surface area contributed by atoms with Crippen LogP contribution in [0.15, 0.2) is 79.1 Å². The molecule has 0 aliphatic rings. The summed E-state index contributed by atoms with van der Waals surface area (Å²) in [5.74, 6) is 0.382. The van der Waals surface area contributed by atoms with Gasteiger partial charge in [0, 0.05) is 11.1 Å². The van der Waals surface area contributed by atoms with Gasteiger partial charge in [0.15, 0.2) is 0 Å². The minimum absolute atomic E-state index is 0.0282. The number of nitrogens with zero attached hydrogens (tertiary/aromatic N) is 2. The van der Waals surface area contributed by atoms with Gasteiger partial charge < -0.3 is 0 Å². The fourth-order valence-electron chi connectivity index (χ4n) is 5.53. The lowest BCUT2D eigenvalue weighted by Crippen LogP contribution is -2.12. The van der Waals surface area contributed by atoms with E-state index in [9.17, 15) is 0 Å². The van der Waals surface area contributed by atoms with Crippen LogP contribution in [0.5, 0.6) is 0 Å². The van der Waals surface area contributed by atoms with Gasteiger partial charge in [0.25, 0.3) is 0 Å². The van der Waals surface area contributed by atoms with E-state index in [0.29, 0.717) is 5.92 Å². The first kappa shape index (κ1) is 26.1. The van der Waals surface area contributed by atoms with Gasteiger partial charge in [-0.25, -0.2) is 9.97 Å².